The molecular formula is C15H19NO3. The zero-order valence-corrected chi connectivity index (χ0v) is 11.2. The molecule has 0 amide bonds. The molecule has 0 saturated heterocycles. The molecule has 4 heteroatoms. The van der Waals surface area contributed by atoms with Crippen molar-refractivity contribution in [3.8, 4) is 5.75 Å². The van der Waals surface area contributed by atoms with Crippen LogP contribution in [-0.4, -0.2) is 30.8 Å². The van der Waals surface area contributed by atoms with Gasteiger partial charge < -0.3 is 9.47 Å². The maximum atomic E-state index is 11.2. The third-order valence-corrected chi connectivity index (χ3v) is 2.97. The van der Waals surface area contributed by atoms with Crippen LogP contribution in [0.2, 0.25) is 0 Å². The van der Waals surface area contributed by atoms with Crippen LogP contribution in [-0.2, 0) is 16.1 Å². The van der Waals surface area contributed by atoms with Crippen molar-refractivity contribution in [3.63, 3.8) is 0 Å². The number of carbonyl (C=O) groups is 1. The van der Waals surface area contributed by atoms with E-state index in [4.69, 9.17) is 9.47 Å². The van der Waals surface area contributed by atoms with E-state index >= 15 is 0 Å². The van der Waals surface area contributed by atoms with Gasteiger partial charge in [0.2, 0.25) is 0 Å². The van der Waals surface area contributed by atoms with Crippen molar-refractivity contribution in [1.29, 1.82) is 0 Å². The Morgan fingerprint density at radius 2 is 2.26 bits per heavy atom. The Balaban J connectivity index is 1.71. The summed E-state index contributed by atoms with van der Waals surface area (Å²) in [5, 5.41) is 0. The number of nitrogens with zero attached hydrogens (tertiary/aromatic N) is 1. The molecule has 0 saturated carbocycles. The first kappa shape index (κ1) is 13.6. The van der Waals surface area contributed by atoms with Gasteiger partial charge >= 0.3 is 5.97 Å². The summed E-state index contributed by atoms with van der Waals surface area (Å²) >= 11 is 0. The molecule has 1 aliphatic rings. The molecule has 1 heterocycles. The first-order chi connectivity index (χ1) is 9.16. The highest BCUT2D eigenvalue weighted by atomic mass is 16.5. The molecule has 0 aromatic heterocycles. The number of ether oxygens (including phenoxy) is 2. The summed E-state index contributed by atoms with van der Waals surface area (Å²) in [4.78, 5) is 13.4. The smallest absolute Gasteiger partial charge is 0.333 e. The maximum absolute atomic E-state index is 11.2. The summed E-state index contributed by atoms with van der Waals surface area (Å²) in [5.41, 5.74) is 1.64. The number of para-hydroxylation sites is 1. The van der Waals surface area contributed by atoms with Crippen molar-refractivity contribution in [2.45, 2.75) is 19.9 Å². The lowest BCUT2D eigenvalue weighted by molar-refractivity contribution is -0.139. The molecule has 0 atom stereocenters. The predicted octanol–water partition coefficient (Wildman–Crippen LogP) is 2.35. The molecule has 0 N–H and O–H groups in total. The number of rotatable bonds is 5. The molecule has 0 spiro atoms. The third-order valence-electron chi connectivity index (χ3n) is 2.97. The topological polar surface area (TPSA) is 38.8 Å². The van der Waals surface area contributed by atoms with Crippen LogP contribution in [0.1, 0.15) is 18.9 Å². The van der Waals surface area contributed by atoms with Crippen molar-refractivity contribution in [2.24, 2.45) is 0 Å². The minimum Gasteiger partial charge on any atom is -0.478 e. The summed E-state index contributed by atoms with van der Waals surface area (Å²) in [6, 6.07) is 8.05. The molecule has 2 rings (SSSR count). The van der Waals surface area contributed by atoms with E-state index in [1.54, 1.807) is 6.92 Å². The molecule has 102 valence electrons. The molecule has 0 aliphatic carbocycles. The van der Waals surface area contributed by atoms with Gasteiger partial charge in [-0.2, -0.15) is 0 Å². The highest BCUT2D eigenvalue weighted by molar-refractivity contribution is 5.86. The fraction of sp³-hybridized carbons (Fsp3) is 0.400. The molecule has 1 aromatic carbocycles. The zero-order valence-electron chi connectivity index (χ0n) is 11.2. The van der Waals surface area contributed by atoms with E-state index in [1.807, 2.05) is 18.2 Å². The number of esters is 1. The molecule has 4 nitrogen and oxygen atoms in total. The van der Waals surface area contributed by atoms with Gasteiger partial charge in [-0.25, -0.2) is 4.79 Å². The third kappa shape index (κ3) is 3.83. The van der Waals surface area contributed by atoms with Gasteiger partial charge in [-0.3, -0.25) is 4.90 Å². The molecule has 1 aliphatic heterocycles. The van der Waals surface area contributed by atoms with Crippen molar-refractivity contribution in [3.05, 3.63) is 42.0 Å². The first-order valence-corrected chi connectivity index (χ1v) is 6.42. The van der Waals surface area contributed by atoms with Gasteiger partial charge in [0.15, 0.2) is 0 Å². The van der Waals surface area contributed by atoms with Crippen molar-refractivity contribution < 1.29 is 14.3 Å². The van der Waals surface area contributed by atoms with E-state index in [2.05, 4.69) is 17.5 Å². The summed E-state index contributed by atoms with van der Waals surface area (Å²) in [6.45, 7) is 7.93. The van der Waals surface area contributed by atoms with E-state index in [0.29, 0.717) is 18.9 Å². The second-order valence-electron chi connectivity index (χ2n) is 4.70. The van der Waals surface area contributed by atoms with E-state index in [1.165, 1.54) is 5.56 Å². The second kappa shape index (κ2) is 6.38. The van der Waals surface area contributed by atoms with Crippen LogP contribution in [0, 0.1) is 0 Å². The standard InChI is InChI=1S/C15H19NO3/c1-12(2)15(17)18-9-5-8-16-10-13-6-3-4-7-14(13)19-11-16/h3-4,6-7H,1,5,8-11H2,2H3. The van der Waals surface area contributed by atoms with Crippen LogP contribution in [0.4, 0.5) is 0 Å². The lowest BCUT2D eigenvalue weighted by Crippen LogP contribution is -2.33. The monoisotopic (exact) mass is 261 g/mol. The quantitative estimate of drug-likeness (QED) is 0.463. The molecule has 1 aromatic rings. The normalized spacial score (nSPS) is 14.4. The van der Waals surface area contributed by atoms with Crippen LogP contribution in [0.5, 0.6) is 5.75 Å². The van der Waals surface area contributed by atoms with Crippen LogP contribution in [0.3, 0.4) is 0 Å². The number of benzene rings is 1. The van der Waals surface area contributed by atoms with Crippen LogP contribution >= 0.6 is 0 Å². The van der Waals surface area contributed by atoms with Gasteiger partial charge in [0, 0.05) is 24.2 Å². The van der Waals surface area contributed by atoms with Gasteiger partial charge in [-0.1, -0.05) is 24.8 Å². The fourth-order valence-electron chi connectivity index (χ4n) is 1.94. The highest BCUT2D eigenvalue weighted by Crippen LogP contribution is 2.23. The fourth-order valence-corrected chi connectivity index (χ4v) is 1.94. The molecule has 0 unspecified atom stereocenters. The van der Waals surface area contributed by atoms with E-state index in [-0.39, 0.29) is 5.97 Å². The van der Waals surface area contributed by atoms with Gasteiger partial charge in [-0.05, 0) is 19.4 Å². The number of hydrogen-bond acceptors (Lipinski definition) is 4. The van der Waals surface area contributed by atoms with Crippen LogP contribution in [0.15, 0.2) is 36.4 Å². The molecule has 0 fully saturated rings. The molecule has 0 radical (unpaired) electrons. The Labute approximate surface area is 113 Å². The van der Waals surface area contributed by atoms with Crippen molar-refractivity contribution in [1.82, 2.24) is 4.90 Å². The minimum atomic E-state index is -0.319. The largest absolute Gasteiger partial charge is 0.478 e. The Hall–Kier alpha value is -1.81. The highest BCUT2D eigenvalue weighted by Gasteiger charge is 2.16. The maximum Gasteiger partial charge on any atom is 0.333 e. The Morgan fingerprint density at radius 3 is 3.05 bits per heavy atom. The lowest BCUT2D eigenvalue weighted by Gasteiger charge is -2.28. The van der Waals surface area contributed by atoms with Crippen LogP contribution in [0.25, 0.3) is 0 Å². The lowest BCUT2D eigenvalue weighted by atomic mass is 10.1. The summed E-state index contributed by atoms with van der Waals surface area (Å²) in [5.74, 6) is 0.646. The zero-order chi connectivity index (χ0) is 13.7. The van der Waals surface area contributed by atoms with Gasteiger partial charge in [-0.15, -0.1) is 0 Å². The summed E-state index contributed by atoms with van der Waals surface area (Å²) in [7, 11) is 0. The average Bonchev–Trinajstić information content (AvgIpc) is 2.43. The molecule has 19 heavy (non-hydrogen) atoms. The van der Waals surface area contributed by atoms with Crippen molar-refractivity contribution in [2.75, 3.05) is 19.9 Å². The minimum absolute atomic E-state index is 0.319. The number of hydrogen-bond donors (Lipinski definition) is 0. The molecule has 0 bridgehead atoms. The Morgan fingerprint density at radius 1 is 1.47 bits per heavy atom. The Kier molecular flexibility index (Phi) is 4.58. The molecular weight excluding hydrogens is 242 g/mol. The predicted molar refractivity (Wildman–Crippen MR) is 72.7 cm³/mol. The van der Waals surface area contributed by atoms with Crippen LogP contribution < -0.4 is 4.74 Å². The van der Waals surface area contributed by atoms with Crippen molar-refractivity contribution >= 4 is 5.97 Å². The second-order valence-corrected chi connectivity index (χ2v) is 4.70. The first-order valence-electron chi connectivity index (χ1n) is 6.42. The Bertz CT molecular complexity index is 470. The van der Waals surface area contributed by atoms with Gasteiger partial charge in [0.1, 0.15) is 12.5 Å². The number of carbonyl (C=O) groups excluding carboxylic acids is 1. The number of fused-ring (bicyclic) bond motifs is 1. The van der Waals surface area contributed by atoms with Gasteiger partial charge in [0.25, 0.3) is 0 Å². The van der Waals surface area contributed by atoms with E-state index in [0.717, 1.165) is 25.3 Å². The summed E-state index contributed by atoms with van der Waals surface area (Å²) in [6.07, 6.45) is 0.796. The SMILES string of the molecule is C=C(C)C(=O)OCCCN1COc2ccccc2C1. The summed E-state index contributed by atoms with van der Waals surface area (Å²) < 4.78 is 10.7. The average molecular weight is 261 g/mol. The van der Waals surface area contributed by atoms with E-state index < -0.39 is 0 Å². The van der Waals surface area contributed by atoms with Gasteiger partial charge in [0.05, 0.1) is 6.61 Å². The van der Waals surface area contributed by atoms with E-state index in [9.17, 15) is 4.79 Å².